The van der Waals surface area contributed by atoms with Gasteiger partial charge in [0, 0.05) is 33.5 Å². The van der Waals surface area contributed by atoms with Crippen molar-refractivity contribution in [1.82, 2.24) is 4.57 Å². The molecule has 0 amide bonds. The molecule has 2 heteroatoms. The van der Waals surface area contributed by atoms with Crippen molar-refractivity contribution >= 4 is 60.4 Å². The van der Waals surface area contributed by atoms with Gasteiger partial charge in [-0.2, -0.15) is 0 Å². The Kier molecular flexibility index (Phi) is 11.0. The van der Waals surface area contributed by atoms with Crippen molar-refractivity contribution in [2.45, 2.75) is 52.4 Å². The van der Waals surface area contributed by atoms with Gasteiger partial charge in [-0.3, -0.25) is 0 Å². The van der Waals surface area contributed by atoms with Crippen molar-refractivity contribution in [2.24, 2.45) is 0 Å². The van der Waals surface area contributed by atoms with E-state index in [0.717, 1.165) is 22.7 Å². The summed E-state index contributed by atoms with van der Waals surface area (Å²) in [7, 11) is 0. The van der Waals surface area contributed by atoms with Crippen LogP contribution in [0.4, 0.5) is 17.1 Å². The minimum atomic E-state index is -0.0923. The van der Waals surface area contributed by atoms with E-state index >= 15 is 0 Å². The molecule has 0 bridgehead atoms. The molecule has 0 aliphatic heterocycles. The highest BCUT2D eigenvalue weighted by atomic mass is 15.1. The van der Waals surface area contributed by atoms with Gasteiger partial charge in [0.15, 0.2) is 0 Å². The molecule has 0 saturated carbocycles. The Morgan fingerprint density at radius 1 is 0.306 bits per heavy atom. The van der Waals surface area contributed by atoms with Crippen LogP contribution in [0.2, 0.25) is 0 Å². The number of rotatable bonds is 8. The second-order valence-corrected chi connectivity index (χ2v) is 21.4. The van der Waals surface area contributed by atoms with Crippen LogP contribution in [0.15, 0.2) is 243 Å². The summed E-state index contributed by atoms with van der Waals surface area (Å²) in [6, 6.07) is 89.8. The topological polar surface area (TPSA) is 8.17 Å². The first-order chi connectivity index (χ1) is 35.0. The minimum Gasteiger partial charge on any atom is -0.310 e. The van der Waals surface area contributed by atoms with E-state index in [0.29, 0.717) is 0 Å². The SMILES string of the molecule is CC(C)(C)c1ccc2c3c(-c4cccc(N(c5ccc(-c6ccc(-c7cccc8ccccc78)cc6)cc5)c5ccc(-c6cccc7ccccc67)cc5)c4)cc(C(C)(C)C)cc3n(-c3ccccc3)c2c1. The molecule has 348 valence electrons. The van der Waals surface area contributed by atoms with Crippen LogP contribution < -0.4 is 4.90 Å². The fourth-order valence-electron chi connectivity index (χ4n) is 10.8. The fraction of sp³-hybridized carbons (Fsp3) is 0.114. The van der Waals surface area contributed by atoms with Crippen LogP contribution in [-0.2, 0) is 10.8 Å². The smallest absolute Gasteiger partial charge is 0.0550 e. The van der Waals surface area contributed by atoms with Gasteiger partial charge in [0.1, 0.15) is 0 Å². The summed E-state index contributed by atoms with van der Waals surface area (Å²) in [5, 5.41) is 7.54. The third kappa shape index (κ3) is 8.13. The van der Waals surface area contributed by atoms with Crippen molar-refractivity contribution < 1.29 is 0 Å². The molecule has 0 fully saturated rings. The average Bonchev–Trinajstić information content (AvgIpc) is 3.74. The van der Waals surface area contributed by atoms with Gasteiger partial charge in [-0.25, -0.2) is 0 Å². The lowest BCUT2D eigenvalue weighted by Gasteiger charge is -2.27. The summed E-state index contributed by atoms with van der Waals surface area (Å²) in [6.45, 7) is 13.9. The van der Waals surface area contributed by atoms with Crippen LogP contribution in [0.5, 0.6) is 0 Å². The predicted molar refractivity (Wildman–Crippen MR) is 310 cm³/mol. The van der Waals surface area contributed by atoms with Crippen molar-refractivity contribution in [1.29, 1.82) is 0 Å². The van der Waals surface area contributed by atoms with Gasteiger partial charge >= 0.3 is 0 Å². The first-order valence-electron chi connectivity index (χ1n) is 25.3. The van der Waals surface area contributed by atoms with Crippen LogP contribution in [-0.4, -0.2) is 4.57 Å². The van der Waals surface area contributed by atoms with Crippen molar-refractivity contribution in [3.05, 3.63) is 254 Å². The van der Waals surface area contributed by atoms with E-state index in [9.17, 15) is 0 Å². The summed E-state index contributed by atoms with van der Waals surface area (Å²) >= 11 is 0. The number of hydrogen-bond acceptors (Lipinski definition) is 1. The molecule has 12 rings (SSSR count). The molecular formula is C70H58N2. The van der Waals surface area contributed by atoms with Gasteiger partial charge < -0.3 is 9.47 Å². The third-order valence-corrected chi connectivity index (χ3v) is 14.7. The van der Waals surface area contributed by atoms with Crippen molar-refractivity contribution in [3.63, 3.8) is 0 Å². The van der Waals surface area contributed by atoms with Crippen LogP contribution >= 0.6 is 0 Å². The highest BCUT2D eigenvalue weighted by molar-refractivity contribution is 6.16. The maximum atomic E-state index is 2.49. The highest BCUT2D eigenvalue weighted by Gasteiger charge is 2.25. The van der Waals surface area contributed by atoms with Crippen LogP contribution in [0, 0.1) is 0 Å². The van der Waals surface area contributed by atoms with Gasteiger partial charge in [-0.1, -0.05) is 217 Å². The van der Waals surface area contributed by atoms with Gasteiger partial charge in [0.25, 0.3) is 0 Å². The average molecular weight is 927 g/mol. The second kappa shape index (κ2) is 17.7. The normalized spacial score (nSPS) is 12.0. The van der Waals surface area contributed by atoms with E-state index in [4.69, 9.17) is 0 Å². The number of aromatic nitrogens is 1. The lowest BCUT2D eigenvalue weighted by atomic mass is 9.83. The van der Waals surface area contributed by atoms with E-state index in [1.54, 1.807) is 0 Å². The molecule has 12 aromatic rings. The molecule has 2 nitrogen and oxygen atoms in total. The zero-order valence-electron chi connectivity index (χ0n) is 42.0. The number of fused-ring (bicyclic) bond motifs is 5. The molecule has 0 aliphatic carbocycles. The molecular weight excluding hydrogens is 869 g/mol. The van der Waals surface area contributed by atoms with E-state index < -0.39 is 0 Å². The monoisotopic (exact) mass is 926 g/mol. The fourth-order valence-corrected chi connectivity index (χ4v) is 10.8. The van der Waals surface area contributed by atoms with Crippen molar-refractivity contribution in [3.8, 4) is 50.2 Å². The maximum Gasteiger partial charge on any atom is 0.0550 e. The van der Waals surface area contributed by atoms with E-state index in [2.05, 4.69) is 294 Å². The number of para-hydroxylation sites is 1. The zero-order chi connectivity index (χ0) is 49.1. The quantitative estimate of drug-likeness (QED) is 0.147. The summed E-state index contributed by atoms with van der Waals surface area (Å²) in [6.07, 6.45) is 0. The Hall–Kier alpha value is -8.46. The van der Waals surface area contributed by atoms with E-state index in [1.807, 2.05) is 0 Å². The van der Waals surface area contributed by atoms with Crippen molar-refractivity contribution in [2.75, 3.05) is 4.90 Å². The Morgan fingerprint density at radius 3 is 1.38 bits per heavy atom. The van der Waals surface area contributed by atoms with E-state index in [-0.39, 0.29) is 10.8 Å². The Morgan fingerprint density at radius 2 is 0.792 bits per heavy atom. The molecule has 0 spiro atoms. The Bertz CT molecular complexity index is 3950. The molecule has 0 aliphatic rings. The number of nitrogens with zero attached hydrogens (tertiary/aromatic N) is 2. The highest BCUT2D eigenvalue weighted by Crippen LogP contribution is 2.45. The predicted octanol–water partition coefficient (Wildman–Crippen LogP) is 19.8. The van der Waals surface area contributed by atoms with Gasteiger partial charge in [0.05, 0.1) is 11.0 Å². The molecule has 0 radical (unpaired) electrons. The largest absolute Gasteiger partial charge is 0.310 e. The Labute approximate surface area is 424 Å². The molecule has 0 N–H and O–H groups in total. The number of anilines is 3. The zero-order valence-corrected chi connectivity index (χ0v) is 42.0. The lowest BCUT2D eigenvalue weighted by molar-refractivity contribution is 0.591. The summed E-state index contributed by atoms with van der Waals surface area (Å²) in [5.74, 6) is 0. The molecule has 0 atom stereocenters. The number of hydrogen-bond donors (Lipinski definition) is 0. The third-order valence-electron chi connectivity index (χ3n) is 14.7. The van der Waals surface area contributed by atoms with Gasteiger partial charge in [-0.05, 0) is 155 Å². The van der Waals surface area contributed by atoms with Gasteiger partial charge in [0.2, 0.25) is 0 Å². The molecule has 1 heterocycles. The van der Waals surface area contributed by atoms with Crippen LogP contribution in [0.3, 0.4) is 0 Å². The standard InChI is InChI=1S/C70H58N2/c1-69(2,3)54-37-42-64-66(45-54)72(56-22-8-7-9-23-56)67-46-55(70(4,5)6)44-65(68(64)67)53-21-14-24-59(43-53)71(58-40-35-52(36-41-58)63-28-16-20-50-18-11-13-26-61(50)63)57-38-33-48(34-39-57)47-29-31-51(32-30-47)62-27-15-19-49-17-10-12-25-60(49)62/h7-46H,1-6H3. The molecule has 72 heavy (non-hydrogen) atoms. The summed E-state index contributed by atoms with van der Waals surface area (Å²) < 4.78 is 2.49. The molecule has 1 aromatic heterocycles. The lowest BCUT2D eigenvalue weighted by Crippen LogP contribution is -2.12. The Balaban J connectivity index is 1.00. The van der Waals surface area contributed by atoms with Gasteiger partial charge in [-0.15, -0.1) is 0 Å². The first-order valence-corrected chi connectivity index (χ1v) is 25.3. The second-order valence-electron chi connectivity index (χ2n) is 21.4. The summed E-state index contributed by atoms with van der Waals surface area (Å²) in [5.41, 5.74) is 19.1. The molecule has 11 aromatic carbocycles. The summed E-state index contributed by atoms with van der Waals surface area (Å²) in [4.78, 5) is 2.41. The number of benzene rings is 11. The van der Waals surface area contributed by atoms with Crippen LogP contribution in [0.1, 0.15) is 52.7 Å². The maximum absolute atomic E-state index is 2.49. The first kappa shape index (κ1) is 44.7. The van der Waals surface area contributed by atoms with E-state index in [1.165, 1.54) is 99.0 Å². The van der Waals surface area contributed by atoms with Crippen LogP contribution in [0.25, 0.3) is 93.5 Å². The minimum absolute atomic E-state index is 0.00262. The molecule has 0 unspecified atom stereocenters. The molecule has 0 saturated heterocycles.